The lowest BCUT2D eigenvalue weighted by Gasteiger charge is -2.08. The Morgan fingerprint density at radius 1 is 1.24 bits per heavy atom. The van der Waals surface area contributed by atoms with Gasteiger partial charge in [-0.05, 0) is 41.5 Å². The quantitative estimate of drug-likeness (QED) is 0.570. The van der Waals surface area contributed by atoms with Gasteiger partial charge >= 0.3 is 0 Å². The fourth-order valence-corrected chi connectivity index (χ4v) is 2.78. The molecule has 2 aromatic rings. The Labute approximate surface area is 156 Å². The Bertz CT molecular complexity index is 897. The lowest BCUT2D eigenvalue weighted by molar-refractivity contribution is 0.603. The fraction of sp³-hybridized carbons (Fsp3) is 0.118. The standard InChI is InChI=1S/C17H16ClFN2O2S2/c1-25(22,23)21-16-8-4-13(10-15(16)19)11-20-17(24)9-5-12-2-6-14(18)7-3-12/h2-10,21H,11H2,1H3,(H,20,24). The predicted octanol–water partition coefficient (Wildman–Crippen LogP) is 3.98. The van der Waals surface area contributed by atoms with Crippen molar-refractivity contribution in [2.45, 2.75) is 6.54 Å². The van der Waals surface area contributed by atoms with Crippen LogP contribution >= 0.6 is 23.8 Å². The zero-order valence-corrected chi connectivity index (χ0v) is 15.7. The smallest absolute Gasteiger partial charge is 0.229 e. The van der Waals surface area contributed by atoms with Gasteiger partial charge in [0.2, 0.25) is 10.0 Å². The van der Waals surface area contributed by atoms with Crippen molar-refractivity contribution in [1.29, 1.82) is 0 Å². The number of halogens is 2. The molecule has 0 heterocycles. The third kappa shape index (κ3) is 6.81. The van der Waals surface area contributed by atoms with Crippen LogP contribution in [0.3, 0.4) is 0 Å². The molecule has 0 aliphatic heterocycles. The minimum absolute atomic E-state index is 0.0866. The van der Waals surface area contributed by atoms with Crippen LogP contribution in [0.5, 0.6) is 0 Å². The zero-order valence-electron chi connectivity index (χ0n) is 13.3. The Morgan fingerprint density at radius 3 is 2.52 bits per heavy atom. The molecule has 0 saturated carbocycles. The molecule has 0 unspecified atom stereocenters. The van der Waals surface area contributed by atoms with Gasteiger partial charge in [-0.1, -0.05) is 48.1 Å². The van der Waals surface area contributed by atoms with Crippen LogP contribution in [0.15, 0.2) is 48.5 Å². The van der Waals surface area contributed by atoms with Crippen LogP contribution in [0, 0.1) is 5.82 Å². The Hall–Kier alpha value is -1.96. The Kier molecular flexibility index (Phi) is 6.52. The summed E-state index contributed by atoms with van der Waals surface area (Å²) in [5.74, 6) is -0.646. The van der Waals surface area contributed by atoms with Crippen LogP contribution < -0.4 is 10.0 Å². The van der Waals surface area contributed by atoms with Gasteiger partial charge in [0.25, 0.3) is 0 Å². The monoisotopic (exact) mass is 398 g/mol. The second-order valence-electron chi connectivity index (χ2n) is 5.29. The van der Waals surface area contributed by atoms with Crippen molar-refractivity contribution < 1.29 is 12.8 Å². The molecule has 0 atom stereocenters. The summed E-state index contributed by atoms with van der Waals surface area (Å²) < 4.78 is 38.3. The summed E-state index contributed by atoms with van der Waals surface area (Å²) in [5.41, 5.74) is 1.51. The number of benzene rings is 2. The molecule has 0 aliphatic rings. The van der Waals surface area contributed by atoms with E-state index in [-0.39, 0.29) is 5.69 Å². The van der Waals surface area contributed by atoms with E-state index in [0.29, 0.717) is 22.1 Å². The molecular weight excluding hydrogens is 383 g/mol. The summed E-state index contributed by atoms with van der Waals surface area (Å²) in [6.07, 6.45) is 4.53. The van der Waals surface area contributed by atoms with Gasteiger partial charge in [0.1, 0.15) is 5.82 Å². The molecule has 132 valence electrons. The van der Waals surface area contributed by atoms with Gasteiger partial charge in [-0.15, -0.1) is 0 Å². The maximum Gasteiger partial charge on any atom is 0.229 e. The van der Waals surface area contributed by atoms with E-state index in [1.54, 1.807) is 24.3 Å². The van der Waals surface area contributed by atoms with Crippen LogP contribution in [0.4, 0.5) is 10.1 Å². The number of sulfonamides is 1. The van der Waals surface area contributed by atoms with Crippen molar-refractivity contribution in [3.05, 3.63) is 70.5 Å². The first-order valence-corrected chi connectivity index (χ1v) is 9.88. The second kappa shape index (κ2) is 8.42. The molecule has 0 aliphatic carbocycles. The van der Waals surface area contributed by atoms with Gasteiger partial charge in [0, 0.05) is 11.6 Å². The largest absolute Gasteiger partial charge is 0.372 e. The van der Waals surface area contributed by atoms with Crippen molar-refractivity contribution >= 4 is 50.6 Å². The van der Waals surface area contributed by atoms with Gasteiger partial charge in [-0.2, -0.15) is 0 Å². The Morgan fingerprint density at radius 2 is 1.92 bits per heavy atom. The number of anilines is 1. The first-order valence-electron chi connectivity index (χ1n) is 7.20. The summed E-state index contributed by atoms with van der Waals surface area (Å²) >= 11 is 11.0. The number of nitrogens with one attached hydrogen (secondary N) is 2. The maximum absolute atomic E-state index is 13.9. The highest BCUT2D eigenvalue weighted by atomic mass is 35.5. The topological polar surface area (TPSA) is 58.2 Å². The molecule has 2 aromatic carbocycles. The van der Waals surface area contributed by atoms with Gasteiger partial charge in [0.15, 0.2) is 0 Å². The van der Waals surface area contributed by atoms with Crippen molar-refractivity contribution in [1.82, 2.24) is 5.32 Å². The van der Waals surface area contributed by atoms with E-state index >= 15 is 0 Å². The predicted molar refractivity (Wildman–Crippen MR) is 105 cm³/mol. The summed E-state index contributed by atoms with van der Waals surface area (Å²) in [6.45, 7) is 0.319. The molecule has 2 N–H and O–H groups in total. The number of rotatable bonds is 6. The number of hydrogen-bond acceptors (Lipinski definition) is 3. The first kappa shape index (κ1) is 19.4. The Balaban J connectivity index is 1.93. The molecule has 8 heteroatoms. The second-order valence-corrected chi connectivity index (χ2v) is 7.92. The van der Waals surface area contributed by atoms with Gasteiger partial charge in [0.05, 0.1) is 16.9 Å². The SMILES string of the molecule is CS(=O)(=O)Nc1ccc(CNC(=S)C=Cc2ccc(Cl)cc2)cc1F. The van der Waals surface area contributed by atoms with E-state index in [1.807, 2.05) is 18.2 Å². The summed E-state index contributed by atoms with van der Waals surface area (Å²) in [7, 11) is -3.52. The highest BCUT2D eigenvalue weighted by molar-refractivity contribution is 7.92. The lowest BCUT2D eigenvalue weighted by Crippen LogP contribution is -2.18. The highest BCUT2D eigenvalue weighted by Crippen LogP contribution is 2.17. The summed E-state index contributed by atoms with van der Waals surface area (Å²) in [5, 5.41) is 3.65. The number of hydrogen-bond donors (Lipinski definition) is 2. The van der Waals surface area contributed by atoms with Gasteiger partial charge in [-0.25, -0.2) is 12.8 Å². The van der Waals surface area contributed by atoms with Crippen LogP contribution in [-0.4, -0.2) is 19.7 Å². The third-order valence-corrected chi connectivity index (χ3v) is 4.22. The molecule has 0 spiro atoms. The molecule has 4 nitrogen and oxygen atoms in total. The van der Waals surface area contributed by atoms with E-state index in [0.717, 1.165) is 11.8 Å². The fourth-order valence-electron chi connectivity index (χ4n) is 1.94. The normalized spacial score (nSPS) is 11.5. The molecule has 0 amide bonds. The van der Waals surface area contributed by atoms with Crippen molar-refractivity contribution in [3.8, 4) is 0 Å². The molecule has 25 heavy (non-hydrogen) atoms. The minimum atomic E-state index is -3.52. The molecule has 0 aromatic heterocycles. The third-order valence-electron chi connectivity index (χ3n) is 3.09. The first-order chi connectivity index (χ1) is 11.7. The lowest BCUT2D eigenvalue weighted by atomic mass is 10.2. The van der Waals surface area contributed by atoms with Crippen molar-refractivity contribution in [2.24, 2.45) is 0 Å². The van der Waals surface area contributed by atoms with Crippen LogP contribution in [-0.2, 0) is 16.6 Å². The van der Waals surface area contributed by atoms with Crippen LogP contribution in [0.25, 0.3) is 6.08 Å². The maximum atomic E-state index is 13.9. The van der Waals surface area contributed by atoms with E-state index in [2.05, 4.69) is 10.0 Å². The van der Waals surface area contributed by atoms with Crippen LogP contribution in [0.2, 0.25) is 5.02 Å². The minimum Gasteiger partial charge on any atom is -0.372 e. The average molecular weight is 399 g/mol. The van der Waals surface area contributed by atoms with Gasteiger partial charge < -0.3 is 5.32 Å². The molecule has 0 bridgehead atoms. The van der Waals surface area contributed by atoms with Crippen LogP contribution in [0.1, 0.15) is 11.1 Å². The van der Waals surface area contributed by atoms with Gasteiger partial charge in [-0.3, -0.25) is 4.72 Å². The van der Waals surface area contributed by atoms with E-state index in [4.69, 9.17) is 23.8 Å². The molecular formula is C17H16ClFN2O2S2. The number of thiocarbonyl (C=S) groups is 1. The van der Waals surface area contributed by atoms with E-state index < -0.39 is 15.8 Å². The summed E-state index contributed by atoms with van der Waals surface area (Å²) in [6, 6.07) is 11.6. The molecule has 0 radical (unpaired) electrons. The van der Waals surface area contributed by atoms with Crippen molar-refractivity contribution in [2.75, 3.05) is 11.0 Å². The molecule has 0 saturated heterocycles. The van der Waals surface area contributed by atoms with E-state index in [9.17, 15) is 12.8 Å². The van der Waals surface area contributed by atoms with E-state index in [1.165, 1.54) is 12.1 Å². The average Bonchev–Trinajstić information content (AvgIpc) is 2.53. The summed E-state index contributed by atoms with van der Waals surface area (Å²) in [4.78, 5) is 0.494. The molecule has 2 rings (SSSR count). The van der Waals surface area contributed by atoms with Crippen molar-refractivity contribution in [3.63, 3.8) is 0 Å². The zero-order chi connectivity index (χ0) is 18.4. The highest BCUT2D eigenvalue weighted by Gasteiger charge is 2.08. The molecule has 0 fully saturated rings.